The molecule has 2 heteroatoms. The summed E-state index contributed by atoms with van der Waals surface area (Å²) in [5.74, 6) is 0.235. The van der Waals surface area contributed by atoms with Crippen molar-refractivity contribution in [1.82, 2.24) is 0 Å². The molecule has 0 amide bonds. The van der Waals surface area contributed by atoms with Gasteiger partial charge in [0.25, 0.3) is 0 Å². The Balaban J connectivity index is 2.21. The number of alkyl halides is 1. The number of Topliss-reactive ketones (excluding diaryl/α,β-unsaturated/α-hetero) is 1. The molecule has 2 aliphatic carbocycles. The van der Waals surface area contributed by atoms with Crippen LogP contribution in [0.4, 0.5) is 4.39 Å². The number of fused-ring (bicyclic) bond motifs is 1. The smallest absolute Gasteiger partial charge is 0.136 e. The summed E-state index contributed by atoms with van der Waals surface area (Å²) in [4.78, 5) is 10.4. The molecule has 0 spiro atoms. The second kappa shape index (κ2) is 0.971. The van der Waals surface area contributed by atoms with Crippen LogP contribution in [-0.4, -0.2) is 11.5 Å². The fourth-order valence-corrected chi connectivity index (χ4v) is 1.50. The zero-order valence-electron chi connectivity index (χ0n) is 4.48. The standard InChI is InChI=1S/C6H7FO/c7-6-2-4(6)1-5(8)3-6/h4H,1-3H2. The van der Waals surface area contributed by atoms with Gasteiger partial charge in [-0.2, -0.15) is 0 Å². The lowest BCUT2D eigenvalue weighted by atomic mass is 10.2. The number of hydrogen-bond donors (Lipinski definition) is 0. The fourth-order valence-electron chi connectivity index (χ4n) is 1.50. The van der Waals surface area contributed by atoms with E-state index in [2.05, 4.69) is 0 Å². The number of carbonyl (C=O) groups excluding carboxylic acids is 1. The highest BCUT2D eigenvalue weighted by Crippen LogP contribution is 2.57. The predicted molar refractivity (Wildman–Crippen MR) is 26.2 cm³/mol. The van der Waals surface area contributed by atoms with E-state index in [1.54, 1.807) is 0 Å². The molecule has 0 bridgehead atoms. The van der Waals surface area contributed by atoms with Crippen LogP contribution in [0.2, 0.25) is 0 Å². The average Bonchev–Trinajstić information content (AvgIpc) is 2.07. The van der Waals surface area contributed by atoms with Gasteiger partial charge in [-0.05, 0) is 6.42 Å². The maximum Gasteiger partial charge on any atom is 0.136 e. The first-order valence-electron chi connectivity index (χ1n) is 2.91. The van der Waals surface area contributed by atoms with Crippen LogP contribution in [0.1, 0.15) is 19.3 Å². The van der Waals surface area contributed by atoms with Crippen LogP contribution in [-0.2, 0) is 4.79 Å². The molecule has 2 aliphatic rings. The number of carbonyl (C=O) groups is 1. The van der Waals surface area contributed by atoms with Crippen molar-refractivity contribution >= 4 is 5.78 Å². The summed E-state index contributed by atoms with van der Waals surface area (Å²) in [6.45, 7) is 0. The van der Waals surface area contributed by atoms with E-state index in [9.17, 15) is 9.18 Å². The minimum atomic E-state index is -1.02. The molecule has 0 saturated heterocycles. The fraction of sp³-hybridized carbons (Fsp3) is 0.833. The van der Waals surface area contributed by atoms with Gasteiger partial charge in [-0.3, -0.25) is 4.79 Å². The maximum atomic E-state index is 12.7. The molecular formula is C6H7FO. The molecule has 0 aliphatic heterocycles. The highest BCUT2D eigenvalue weighted by Gasteiger charge is 2.61. The van der Waals surface area contributed by atoms with Crippen LogP contribution >= 0.6 is 0 Å². The Morgan fingerprint density at radius 3 is 2.75 bits per heavy atom. The lowest BCUT2D eigenvalue weighted by molar-refractivity contribution is -0.118. The highest BCUT2D eigenvalue weighted by atomic mass is 19.1. The van der Waals surface area contributed by atoms with Crippen LogP contribution in [0.5, 0.6) is 0 Å². The summed E-state index contributed by atoms with van der Waals surface area (Å²) in [5.41, 5.74) is -1.02. The van der Waals surface area contributed by atoms with Crippen LogP contribution in [0, 0.1) is 5.92 Å². The molecule has 8 heavy (non-hydrogen) atoms. The van der Waals surface area contributed by atoms with Crippen LogP contribution in [0.25, 0.3) is 0 Å². The topological polar surface area (TPSA) is 17.1 Å². The van der Waals surface area contributed by atoms with Gasteiger partial charge in [0.15, 0.2) is 0 Å². The van der Waals surface area contributed by atoms with Crippen molar-refractivity contribution in [2.45, 2.75) is 24.9 Å². The highest BCUT2D eigenvalue weighted by molar-refractivity contribution is 5.84. The van der Waals surface area contributed by atoms with E-state index in [-0.39, 0.29) is 18.1 Å². The van der Waals surface area contributed by atoms with Crippen molar-refractivity contribution in [3.05, 3.63) is 0 Å². The van der Waals surface area contributed by atoms with Crippen LogP contribution in [0.15, 0.2) is 0 Å². The molecule has 2 saturated carbocycles. The average molecular weight is 114 g/mol. The molecule has 0 aromatic carbocycles. The molecule has 0 heterocycles. The minimum Gasteiger partial charge on any atom is -0.300 e. The monoisotopic (exact) mass is 114 g/mol. The first-order chi connectivity index (χ1) is 3.71. The number of ketones is 1. The summed E-state index contributed by atoms with van der Waals surface area (Å²) in [6, 6.07) is 0. The molecule has 44 valence electrons. The Kier molecular flexibility index (Phi) is 0.543. The molecule has 0 aromatic rings. The third kappa shape index (κ3) is 0.383. The maximum absolute atomic E-state index is 12.7. The quantitative estimate of drug-likeness (QED) is 0.460. The lowest BCUT2D eigenvalue weighted by Crippen LogP contribution is -2.00. The molecule has 0 aromatic heterocycles. The summed E-state index contributed by atoms with van der Waals surface area (Å²) >= 11 is 0. The van der Waals surface area contributed by atoms with Crippen molar-refractivity contribution in [2.24, 2.45) is 5.92 Å². The zero-order chi connectivity index (χ0) is 5.78. The second-order valence-electron chi connectivity index (χ2n) is 2.86. The Morgan fingerprint density at radius 1 is 1.75 bits per heavy atom. The van der Waals surface area contributed by atoms with Crippen molar-refractivity contribution in [3.8, 4) is 0 Å². The predicted octanol–water partition coefficient (Wildman–Crippen LogP) is 1.08. The van der Waals surface area contributed by atoms with Gasteiger partial charge >= 0.3 is 0 Å². The van der Waals surface area contributed by atoms with Crippen molar-refractivity contribution < 1.29 is 9.18 Å². The van der Waals surface area contributed by atoms with Crippen LogP contribution < -0.4 is 0 Å². The van der Waals surface area contributed by atoms with Crippen molar-refractivity contribution in [1.29, 1.82) is 0 Å². The van der Waals surface area contributed by atoms with Gasteiger partial charge in [0.2, 0.25) is 0 Å². The number of hydrogen-bond acceptors (Lipinski definition) is 1. The van der Waals surface area contributed by atoms with Gasteiger partial charge in [-0.1, -0.05) is 0 Å². The van der Waals surface area contributed by atoms with E-state index in [0.29, 0.717) is 12.8 Å². The molecular weight excluding hydrogens is 107 g/mol. The Hall–Kier alpha value is -0.400. The summed E-state index contributed by atoms with van der Waals surface area (Å²) in [7, 11) is 0. The summed E-state index contributed by atoms with van der Waals surface area (Å²) in [6.07, 6.45) is 1.37. The van der Waals surface area contributed by atoms with E-state index in [0.717, 1.165) is 0 Å². The molecule has 2 fully saturated rings. The van der Waals surface area contributed by atoms with Gasteiger partial charge in [0, 0.05) is 18.8 Å². The molecule has 0 N–H and O–H groups in total. The van der Waals surface area contributed by atoms with Gasteiger partial charge < -0.3 is 0 Å². The third-order valence-corrected chi connectivity index (χ3v) is 2.12. The second-order valence-corrected chi connectivity index (χ2v) is 2.86. The first kappa shape index (κ1) is 4.48. The van der Waals surface area contributed by atoms with Crippen molar-refractivity contribution in [3.63, 3.8) is 0 Å². The van der Waals surface area contributed by atoms with E-state index in [1.807, 2.05) is 0 Å². The Morgan fingerprint density at radius 2 is 2.50 bits per heavy atom. The largest absolute Gasteiger partial charge is 0.300 e. The molecule has 2 unspecified atom stereocenters. The Labute approximate surface area is 46.9 Å². The van der Waals surface area contributed by atoms with Crippen LogP contribution in [0.3, 0.4) is 0 Å². The van der Waals surface area contributed by atoms with Gasteiger partial charge in [0.05, 0.1) is 0 Å². The van der Waals surface area contributed by atoms with E-state index in [1.165, 1.54) is 0 Å². The molecule has 2 atom stereocenters. The zero-order valence-corrected chi connectivity index (χ0v) is 4.48. The minimum absolute atomic E-state index is 0.115. The van der Waals surface area contributed by atoms with Gasteiger partial charge in [0.1, 0.15) is 11.5 Å². The molecule has 0 radical (unpaired) electrons. The summed E-state index contributed by atoms with van der Waals surface area (Å²) < 4.78 is 12.7. The normalized spacial score (nSPS) is 51.6. The SMILES string of the molecule is O=C1CC2CC2(F)C1. The van der Waals surface area contributed by atoms with E-state index >= 15 is 0 Å². The Bertz CT molecular complexity index is 155. The van der Waals surface area contributed by atoms with E-state index in [4.69, 9.17) is 0 Å². The van der Waals surface area contributed by atoms with Gasteiger partial charge in [-0.15, -0.1) is 0 Å². The van der Waals surface area contributed by atoms with E-state index < -0.39 is 5.67 Å². The van der Waals surface area contributed by atoms with Crippen molar-refractivity contribution in [2.75, 3.05) is 0 Å². The molecule has 2 rings (SSSR count). The lowest BCUT2D eigenvalue weighted by Gasteiger charge is -1.91. The first-order valence-corrected chi connectivity index (χ1v) is 2.91. The number of halogens is 1. The van der Waals surface area contributed by atoms with Gasteiger partial charge in [-0.25, -0.2) is 4.39 Å². The molecule has 1 nitrogen and oxygen atoms in total. The summed E-state index contributed by atoms with van der Waals surface area (Å²) in [5, 5.41) is 0. The third-order valence-electron chi connectivity index (χ3n) is 2.12. The number of rotatable bonds is 0.